The number of hydrazone groups is 1. The molecule has 3 N–H and O–H groups in total. The fourth-order valence-electron chi connectivity index (χ4n) is 3.03. The molecule has 0 unspecified atom stereocenters. The van der Waals surface area contributed by atoms with Crippen LogP contribution < -0.4 is 20.8 Å². The number of nitrogens with zero attached hydrogens (tertiary/aromatic N) is 1. The largest absolute Gasteiger partial charge is 0.484 e. The fourth-order valence-corrected chi connectivity index (χ4v) is 3.03. The second-order valence-electron chi connectivity index (χ2n) is 7.29. The van der Waals surface area contributed by atoms with E-state index in [1.54, 1.807) is 36.4 Å². The summed E-state index contributed by atoms with van der Waals surface area (Å²) < 4.78 is 5.53. The van der Waals surface area contributed by atoms with Gasteiger partial charge in [-0.05, 0) is 41.3 Å². The van der Waals surface area contributed by atoms with E-state index in [2.05, 4.69) is 21.2 Å². The number of ether oxygens (including phenoxy) is 1. The van der Waals surface area contributed by atoms with Gasteiger partial charge >= 0.3 is 11.8 Å². The molecule has 0 heterocycles. The van der Waals surface area contributed by atoms with E-state index < -0.39 is 11.8 Å². The molecule has 3 rings (SSSR count). The molecule has 3 aromatic rings. The number of amides is 3. The maximum Gasteiger partial charge on any atom is 0.329 e. The number of aryl methyl sites for hydroxylation is 1. The number of carbonyl (C=O) groups excluding carboxylic acids is 3. The molecule has 0 aromatic heterocycles. The van der Waals surface area contributed by atoms with Gasteiger partial charge in [-0.3, -0.25) is 14.4 Å². The third-order valence-corrected chi connectivity index (χ3v) is 4.79. The van der Waals surface area contributed by atoms with Gasteiger partial charge in [-0.15, -0.1) is 0 Å². The summed E-state index contributed by atoms with van der Waals surface area (Å²) in [7, 11) is 0. The number of benzene rings is 3. The molecule has 3 amide bonds. The highest BCUT2D eigenvalue weighted by Gasteiger charge is 2.14. The molecule has 0 aliphatic carbocycles. The topological polar surface area (TPSA) is 109 Å². The Bertz CT molecular complexity index is 1160. The summed E-state index contributed by atoms with van der Waals surface area (Å²) in [4.78, 5) is 36.2. The molecule has 0 aliphatic heterocycles. The van der Waals surface area contributed by atoms with Gasteiger partial charge in [0.15, 0.2) is 6.61 Å². The number of carbonyl (C=O) groups is 3. The van der Waals surface area contributed by atoms with E-state index in [1.165, 1.54) is 6.21 Å². The van der Waals surface area contributed by atoms with E-state index in [4.69, 9.17) is 4.74 Å². The minimum atomic E-state index is -0.885. The summed E-state index contributed by atoms with van der Waals surface area (Å²) in [6.07, 6.45) is 2.11. The molecule has 34 heavy (non-hydrogen) atoms. The first-order chi connectivity index (χ1) is 16.5. The first-order valence-corrected chi connectivity index (χ1v) is 10.8. The van der Waals surface area contributed by atoms with Gasteiger partial charge in [0.2, 0.25) is 0 Å². The van der Waals surface area contributed by atoms with Crippen molar-refractivity contribution in [2.45, 2.75) is 19.9 Å². The number of anilines is 1. The van der Waals surface area contributed by atoms with Crippen molar-refractivity contribution in [2.24, 2.45) is 5.10 Å². The van der Waals surface area contributed by atoms with Crippen molar-refractivity contribution < 1.29 is 19.1 Å². The molecular formula is C26H26N4O4. The normalized spacial score (nSPS) is 10.5. The summed E-state index contributed by atoms with van der Waals surface area (Å²) in [5.41, 5.74) is 5.35. The van der Waals surface area contributed by atoms with E-state index in [0.717, 1.165) is 17.5 Å². The first kappa shape index (κ1) is 24.2. The smallest absolute Gasteiger partial charge is 0.329 e. The van der Waals surface area contributed by atoms with Crippen LogP contribution in [0.5, 0.6) is 5.75 Å². The van der Waals surface area contributed by atoms with Crippen molar-refractivity contribution >= 4 is 29.6 Å². The number of rotatable bonds is 9. The van der Waals surface area contributed by atoms with E-state index in [1.807, 2.05) is 49.4 Å². The van der Waals surface area contributed by atoms with Gasteiger partial charge in [-0.2, -0.15) is 5.10 Å². The third-order valence-electron chi connectivity index (χ3n) is 4.79. The molecule has 3 aromatic carbocycles. The van der Waals surface area contributed by atoms with Gasteiger partial charge in [-0.1, -0.05) is 67.6 Å². The van der Waals surface area contributed by atoms with Crippen LogP contribution in [0, 0.1) is 0 Å². The lowest BCUT2D eigenvalue weighted by Gasteiger charge is -2.08. The fraction of sp³-hybridized carbons (Fsp3) is 0.154. The van der Waals surface area contributed by atoms with E-state index in [-0.39, 0.29) is 12.5 Å². The van der Waals surface area contributed by atoms with E-state index in [9.17, 15) is 14.4 Å². The molecular weight excluding hydrogens is 432 g/mol. The maximum absolute atomic E-state index is 12.1. The quantitative estimate of drug-likeness (QED) is 0.260. The van der Waals surface area contributed by atoms with Gasteiger partial charge in [0.1, 0.15) is 5.75 Å². The van der Waals surface area contributed by atoms with Gasteiger partial charge in [0.25, 0.3) is 5.91 Å². The minimum absolute atomic E-state index is 0.135. The zero-order chi connectivity index (χ0) is 24.2. The van der Waals surface area contributed by atoms with Crippen molar-refractivity contribution in [2.75, 3.05) is 11.9 Å². The van der Waals surface area contributed by atoms with Gasteiger partial charge in [0.05, 0.1) is 6.21 Å². The molecule has 174 valence electrons. The lowest BCUT2D eigenvalue weighted by Crippen LogP contribution is -2.32. The highest BCUT2D eigenvalue weighted by molar-refractivity contribution is 6.39. The summed E-state index contributed by atoms with van der Waals surface area (Å²) >= 11 is 0. The molecule has 0 bridgehead atoms. The Morgan fingerprint density at radius 2 is 1.68 bits per heavy atom. The standard InChI is InChI=1S/C26H26N4O4/c1-2-21-12-6-7-14-23(21)29-25(32)26(33)30-28-17-20-11-8-13-22(15-20)34-18-24(31)27-16-19-9-4-3-5-10-19/h3-15,17H,2,16,18H2,1H3,(H,27,31)(H,29,32)(H,30,33)/b28-17-. The molecule has 0 fully saturated rings. The predicted molar refractivity (Wildman–Crippen MR) is 130 cm³/mol. The summed E-state index contributed by atoms with van der Waals surface area (Å²) in [5.74, 6) is -1.47. The maximum atomic E-state index is 12.1. The highest BCUT2D eigenvalue weighted by Crippen LogP contribution is 2.15. The highest BCUT2D eigenvalue weighted by atomic mass is 16.5. The van der Waals surface area contributed by atoms with E-state index in [0.29, 0.717) is 23.5 Å². The molecule has 0 atom stereocenters. The SMILES string of the molecule is CCc1ccccc1NC(=O)C(=O)N/N=C\c1cccc(OCC(=O)NCc2ccccc2)c1. The zero-order valence-corrected chi connectivity index (χ0v) is 18.8. The monoisotopic (exact) mass is 458 g/mol. The van der Waals surface area contributed by atoms with Crippen LogP contribution in [0.2, 0.25) is 0 Å². The van der Waals surface area contributed by atoms with Crippen LogP contribution in [0.25, 0.3) is 0 Å². The molecule has 0 radical (unpaired) electrons. The minimum Gasteiger partial charge on any atom is -0.484 e. The number of para-hydroxylation sites is 1. The second kappa shape index (κ2) is 12.5. The Balaban J connectivity index is 1.45. The average Bonchev–Trinajstić information content (AvgIpc) is 2.87. The molecule has 8 heteroatoms. The van der Waals surface area contributed by atoms with Crippen molar-refractivity contribution in [3.05, 3.63) is 95.6 Å². The van der Waals surface area contributed by atoms with Crippen molar-refractivity contribution in [1.29, 1.82) is 0 Å². The molecule has 0 aliphatic rings. The Hall–Kier alpha value is -4.46. The van der Waals surface area contributed by atoms with Gasteiger partial charge in [-0.25, -0.2) is 5.43 Å². The number of hydrogen-bond acceptors (Lipinski definition) is 5. The van der Waals surface area contributed by atoms with Crippen LogP contribution >= 0.6 is 0 Å². The summed E-state index contributed by atoms with van der Waals surface area (Å²) in [6.45, 7) is 2.25. The van der Waals surface area contributed by atoms with Gasteiger partial charge in [0, 0.05) is 12.2 Å². The Morgan fingerprint density at radius 1 is 0.912 bits per heavy atom. The number of nitrogens with one attached hydrogen (secondary N) is 3. The van der Waals surface area contributed by atoms with E-state index >= 15 is 0 Å². The van der Waals surface area contributed by atoms with Crippen molar-refractivity contribution in [3.63, 3.8) is 0 Å². The van der Waals surface area contributed by atoms with Gasteiger partial charge < -0.3 is 15.4 Å². The van der Waals surface area contributed by atoms with Crippen LogP contribution in [0.4, 0.5) is 5.69 Å². The molecule has 8 nitrogen and oxygen atoms in total. The predicted octanol–water partition coefficient (Wildman–Crippen LogP) is 3.03. The zero-order valence-electron chi connectivity index (χ0n) is 18.8. The third kappa shape index (κ3) is 7.59. The Labute approximate surface area is 198 Å². The lowest BCUT2D eigenvalue weighted by molar-refractivity contribution is -0.136. The van der Waals surface area contributed by atoms with Crippen LogP contribution in [-0.2, 0) is 27.3 Å². The summed E-state index contributed by atoms with van der Waals surface area (Å²) in [6, 6.07) is 23.7. The van der Waals surface area contributed by atoms with Crippen molar-refractivity contribution in [3.8, 4) is 5.75 Å². The first-order valence-electron chi connectivity index (χ1n) is 10.8. The molecule has 0 saturated carbocycles. The van der Waals surface area contributed by atoms with Crippen LogP contribution in [0.15, 0.2) is 84.0 Å². The van der Waals surface area contributed by atoms with Crippen LogP contribution in [0.1, 0.15) is 23.6 Å². The average molecular weight is 459 g/mol. The number of hydrogen-bond donors (Lipinski definition) is 3. The van der Waals surface area contributed by atoms with Crippen molar-refractivity contribution in [1.82, 2.24) is 10.7 Å². The second-order valence-corrected chi connectivity index (χ2v) is 7.29. The molecule has 0 saturated heterocycles. The lowest BCUT2D eigenvalue weighted by atomic mass is 10.1. The molecule has 0 spiro atoms. The van der Waals surface area contributed by atoms with Crippen LogP contribution in [-0.4, -0.2) is 30.5 Å². The summed E-state index contributed by atoms with van der Waals surface area (Å²) in [5, 5.41) is 9.20. The Kier molecular flexibility index (Phi) is 8.92. The Morgan fingerprint density at radius 3 is 2.47 bits per heavy atom. The van der Waals surface area contributed by atoms with Crippen LogP contribution in [0.3, 0.4) is 0 Å².